The Labute approximate surface area is 171 Å². The highest BCUT2D eigenvalue weighted by Crippen LogP contribution is 2.32. The first-order valence-electron chi connectivity index (χ1n) is 10.0. The van der Waals surface area contributed by atoms with Crippen molar-refractivity contribution in [2.75, 3.05) is 6.61 Å². The number of imidazole rings is 1. The SMILES string of the molecule is C=C(O)C(C)(C)COc1ccc(-c2ccc(-c3ncc(CC4CC4)[nH]3)cn2)cc1. The molecule has 0 unspecified atom stereocenters. The van der Waals surface area contributed by atoms with Crippen LogP contribution in [-0.4, -0.2) is 26.7 Å². The van der Waals surface area contributed by atoms with Gasteiger partial charge in [-0.25, -0.2) is 4.98 Å². The van der Waals surface area contributed by atoms with Gasteiger partial charge in [0, 0.05) is 29.2 Å². The molecule has 4 rings (SSSR count). The number of aromatic nitrogens is 3. The van der Waals surface area contributed by atoms with Crippen LogP contribution in [0.1, 0.15) is 32.4 Å². The lowest BCUT2D eigenvalue weighted by Gasteiger charge is -2.23. The van der Waals surface area contributed by atoms with E-state index in [-0.39, 0.29) is 5.76 Å². The van der Waals surface area contributed by atoms with Gasteiger partial charge in [-0.3, -0.25) is 4.98 Å². The van der Waals surface area contributed by atoms with Gasteiger partial charge in [0.2, 0.25) is 0 Å². The van der Waals surface area contributed by atoms with Crippen molar-refractivity contribution in [2.45, 2.75) is 33.1 Å². The summed E-state index contributed by atoms with van der Waals surface area (Å²) in [7, 11) is 0. The fourth-order valence-electron chi connectivity index (χ4n) is 3.02. The monoisotopic (exact) mass is 389 g/mol. The molecule has 5 nitrogen and oxygen atoms in total. The molecule has 1 aliphatic carbocycles. The number of ether oxygens (including phenoxy) is 1. The number of pyridine rings is 1. The molecule has 1 fully saturated rings. The van der Waals surface area contributed by atoms with E-state index in [4.69, 9.17) is 4.74 Å². The Balaban J connectivity index is 1.41. The Hall–Kier alpha value is -3.08. The second-order valence-electron chi connectivity index (χ2n) is 8.48. The number of rotatable bonds is 8. The largest absolute Gasteiger partial charge is 0.512 e. The van der Waals surface area contributed by atoms with Crippen LogP contribution in [0.4, 0.5) is 0 Å². The second kappa shape index (κ2) is 7.74. The summed E-state index contributed by atoms with van der Waals surface area (Å²) in [6.07, 6.45) is 7.56. The van der Waals surface area contributed by atoms with E-state index >= 15 is 0 Å². The summed E-state index contributed by atoms with van der Waals surface area (Å²) in [4.78, 5) is 12.5. The van der Waals surface area contributed by atoms with Gasteiger partial charge in [-0.15, -0.1) is 0 Å². The molecule has 1 aliphatic rings. The number of hydrogen-bond donors (Lipinski definition) is 2. The maximum absolute atomic E-state index is 9.61. The third-order valence-corrected chi connectivity index (χ3v) is 5.40. The van der Waals surface area contributed by atoms with Crippen molar-refractivity contribution in [1.29, 1.82) is 0 Å². The van der Waals surface area contributed by atoms with E-state index in [1.807, 2.05) is 62.6 Å². The van der Waals surface area contributed by atoms with Gasteiger partial charge in [0.05, 0.1) is 16.9 Å². The highest BCUT2D eigenvalue weighted by atomic mass is 16.5. The third-order valence-electron chi connectivity index (χ3n) is 5.40. The fraction of sp³-hybridized carbons (Fsp3) is 0.333. The first-order chi connectivity index (χ1) is 13.9. The molecule has 0 saturated heterocycles. The molecule has 0 amide bonds. The summed E-state index contributed by atoms with van der Waals surface area (Å²) in [5, 5.41) is 9.61. The molecule has 29 heavy (non-hydrogen) atoms. The molecular weight excluding hydrogens is 362 g/mol. The number of nitrogens with zero attached hydrogens (tertiary/aromatic N) is 2. The van der Waals surface area contributed by atoms with E-state index in [1.165, 1.54) is 18.5 Å². The lowest BCUT2D eigenvalue weighted by atomic mass is 9.93. The number of aromatic amines is 1. The van der Waals surface area contributed by atoms with Gasteiger partial charge in [0.15, 0.2) is 0 Å². The molecule has 1 aromatic carbocycles. The van der Waals surface area contributed by atoms with Crippen molar-refractivity contribution in [2.24, 2.45) is 11.3 Å². The quantitative estimate of drug-likeness (QED) is 0.494. The van der Waals surface area contributed by atoms with Gasteiger partial charge in [-0.2, -0.15) is 0 Å². The van der Waals surface area contributed by atoms with Crippen LogP contribution < -0.4 is 4.74 Å². The summed E-state index contributed by atoms with van der Waals surface area (Å²) in [6.45, 7) is 7.74. The van der Waals surface area contributed by atoms with E-state index < -0.39 is 5.41 Å². The highest BCUT2D eigenvalue weighted by molar-refractivity contribution is 5.63. The van der Waals surface area contributed by atoms with E-state index in [9.17, 15) is 5.11 Å². The van der Waals surface area contributed by atoms with E-state index in [0.29, 0.717) is 6.61 Å². The van der Waals surface area contributed by atoms with Gasteiger partial charge >= 0.3 is 0 Å². The molecule has 0 bridgehead atoms. The van der Waals surface area contributed by atoms with E-state index in [1.54, 1.807) is 0 Å². The number of aliphatic hydroxyl groups excluding tert-OH is 1. The lowest BCUT2D eigenvalue weighted by molar-refractivity contribution is 0.159. The molecule has 0 spiro atoms. The van der Waals surface area contributed by atoms with Crippen LogP contribution in [0.15, 0.2) is 61.1 Å². The molecule has 0 atom stereocenters. The van der Waals surface area contributed by atoms with E-state index in [2.05, 4.69) is 21.5 Å². The Bertz CT molecular complexity index is 984. The van der Waals surface area contributed by atoms with E-state index in [0.717, 1.165) is 40.7 Å². The van der Waals surface area contributed by atoms with Crippen molar-refractivity contribution in [3.63, 3.8) is 0 Å². The van der Waals surface area contributed by atoms with Crippen molar-refractivity contribution < 1.29 is 9.84 Å². The van der Waals surface area contributed by atoms with Crippen molar-refractivity contribution in [3.05, 3.63) is 66.8 Å². The summed E-state index contributed by atoms with van der Waals surface area (Å²) < 4.78 is 5.78. The number of H-pyrrole nitrogens is 1. The highest BCUT2D eigenvalue weighted by Gasteiger charge is 2.23. The minimum atomic E-state index is -0.486. The maximum atomic E-state index is 9.61. The molecule has 1 saturated carbocycles. The second-order valence-corrected chi connectivity index (χ2v) is 8.48. The zero-order valence-corrected chi connectivity index (χ0v) is 17.0. The van der Waals surface area contributed by atoms with Crippen LogP contribution in [0.2, 0.25) is 0 Å². The Kier molecular flexibility index (Phi) is 5.14. The average molecular weight is 389 g/mol. The third kappa shape index (κ3) is 4.67. The minimum absolute atomic E-state index is 0.120. The van der Waals surface area contributed by atoms with Crippen LogP contribution in [0.5, 0.6) is 5.75 Å². The standard InChI is InChI=1S/C24H27N3O2/c1-16(28)24(2,3)15-29-21-9-6-18(7-10-21)22-11-8-19(13-25-22)23-26-14-20(27-23)12-17-4-5-17/h6-11,13-14,17,28H,1,4-5,12,15H2,2-3H3,(H,26,27). The molecule has 0 aliphatic heterocycles. The number of benzene rings is 1. The molecule has 2 heterocycles. The average Bonchev–Trinajstić information content (AvgIpc) is 3.41. The first-order valence-corrected chi connectivity index (χ1v) is 10.0. The molecular formula is C24H27N3O2. The molecule has 0 radical (unpaired) electrons. The van der Waals surface area contributed by atoms with Crippen molar-refractivity contribution in [1.82, 2.24) is 15.0 Å². The Morgan fingerprint density at radius 3 is 2.45 bits per heavy atom. The molecule has 2 aromatic heterocycles. The Morgan fingerprint density at radius 1 is 1.10 bits per heavy atom. The van der Waals surface area contributed by atoms with Crippen LogP contribution in [0, 0.1) is 11.3 Å². The number of hydrogen-bond acceptors (Lipinski definition) is 4. The first kappa shape index (κ1) is 19.2. The fourth-order valence-corrected chi connectivity index (χ4v) is 3.02. The smallest absolute Gasteiger partial charge is 0.139 e. The van der Waals surface area contributed by atoms with Crippen molar-refractivity contribution in [3.8, 4) is 28.4 Å². The zero-order valence-electron chi connectivity index (χ0n) is 17.0. The van der Waals surface area contributed by atoms with Crippen LogP contribution in [-0.2, 0) is 6.42 Å². The summed E-state index contributed by atoms with van der Waals surface area (Å²) >= 11 is 0. The number of aliphatic hydroxyl groups is 1. The van der Waals surface area contributed by atoms with Gasteiger partial charge in [0.1, 0.15) is 18.2 Å². The lowest BCUT2D eigenvalue weighted by Crippen LogP contribution is -2.23. The number of nitrogens with one attached hydrogen (secondary N) is 1. The van der Waals surface area contributed by atoms with Gasteiger partial charge in [-0.1, -0.05) is 6.58 Å². The molecule has 150 valence electrons. The molecule has 2 N–H and O–H groups in total. The summed E-state index contributed by atoms with van der Waals surface area (Å²) in [5.74, 6) is 2.58. The van der Waals surface area contributed by atoms with Gasteiger partial charge in [0.25, 0.3) is 0 Å². The van der Waals surface area contributed by atoms with Gasteiger partial charge in [-0.05, 0) is 75.4 Å². The normalized spacial score (nSPS) is 14.0. The predicted molar refractivity (Wildman–Crippen MR) is 115 cm³/mol. The van der Waals surface area contributed by atoms with Gasteiger partial charge < -0.3 is 14.8 Å². The summed E-state index contributed by atoms with van der Waals surface area (Å²) in [6, 6.07) is 11.8. The van der Waals surface area contributed by atoms with Crippen LogP contribution in [0.25, 0.3) is 22.6 Å². The zero-order chi connectivity index (χ0) is 20.4. The topological polar surface area (TPSA) is 71.0 Å². The summed E-state index contributed by atoms with van der Waals surface area (Å²) in [5.41, 5.74) is 3.62. The predicted octanol–water partition coefficient (Wildman–Crippen LogP) is 5.57. The van der Waals surface area contributed by atoms with Crippen LogP contribution >= 0.6 is 0 Å². The molecule has 3 aromatic rings. The van der Waals surface area contributed by atoms with Crippen LogP contribution in [0.3, 0.4) is 0 Å². The minimum Gasteiger partial charge on any atom is -0.512 e. The maximum Gasteiger partial charge on any atom is 0.139 e. The Morgan fingerprint density at radius 2 is 1.83 bits per heavy atom. The molecule has 5 heteroatoms. The van der Waals surface area contributed by atoms with Crippen molar-refractivity contribution >= 4 is 0 Å².